The number of aryl methyl sites for hydroxylation is 1. The molecule has 0 bridgehead atoms. The molecule has 0 amide bonds. The van der Waals surface area contributed by atoms with Crippen molar-refractivity contribution in [3.8, 4) is 11.4 Å². The number of hydrogen-bond acceptors (Lipinski definition) is 5. The van der Waals surface area contributed by atoms with Crippen LogP contribution in [0.15, 0.2) is 46.6 Å². The zero-order valence-corrected chi connectivity index (χ0v) is 13.6. The third kappa shape index (κ3) is 3.40. The third-order valence-electron chi connectivity index (χ3n) is 3.24. The summed E-state index contributed by atoms with van der Waals surface area (Å²) in [4.78, 5) is 0. The molecule has 0 aliphatic heterocycles. The number of benzene rings is 1. The Morgan fingerprint density at radius 1 is 1.00 bits per heavy atom. The van der Waals surface area contributed by atoms with E-state index in [-0.39, 0.29) is 0 Å². The van der Waals surface area contributed by atoms with E-state index in [4.69, 9.17) is 0 Å². The summed E-state index contributed by atoms with van der Waals surface area (Å²) in [6.45, 7) is 1.98. The predicted molar refractivity (Wildman–Crippen MR) is 82.3 cm³/mol. The van der Waals surface area contributed by atoms with E-state index >= 15 is 0 Å². The highest BCUT2D eigenvalue weighted by molar-refractivity contribution is 7.99. The fourth-order valence-corrected chi connectivity index (χ4v) is 2.77. The molecule has 124 valence electrons. The summed E-state index contributed by atoms with van der Waals surface area (Å²) in [5.74, 6) is 0.668. The van der Waals surface area contributed by atoms with Crippen LogP contribution in [-0.4, -0.2) is 25.0 Å². The van der Waals surface area contributed by atoms with Crippen molar-refractivity contribution in [2.75, 3.05) is 0 Å². The topological polar surface area (TPSA) is 56.5 Å². The van der Waals surface area contributed by atoms with Crippen LogP contribution in [0.3, 0.4) is 0 Å². The van der Waals surface area contributed by atoms with Gasteiger partial charge in [0.25, 0.3) is 0 Å². The summed E-state index contributed by atoms with van der Waals surface area (Å²) in [5, 5.41) is 15.8. The number of nitrogens with zero attached hydrogens (tertiary/aromatic N) is 5. The second-order valence-electron chi connectivity index (χ2n) is 5.09. The fourth-order valence-electron chi connectivity index (χ4n) is 2.06. The SMILES string of the molecule is Cc1cccc(-c2nnc(Sc3ccc(C(F)(F)F)nn3)n2C)c1. The van der Waals surface area contributed by atoms with Gasteiger partial charge in [0, 0.05) is 12.6 Å². The Balaban J connectivity index is 1.84. The van der Waals surface area contributed by atoms with Gasteiger partial charge in [-0.15, -0.1) is 20.4 Å². The largest absolute Gasteiger partial charge is 0.435 e. The van der Waals surface area contributed by atoms with Crippen LogP contribution in [0.5, 0.6) is 0 Å². The fraction of sp³-hybridized carbons (Fsp3) is 0.200. The lowest BCUT2D eigenvalue weighted by molar-refractivity contribution is -0.141. The molecule has 0 aliphatic carbocycles. The first kappa shape index (κ1) is 16.4. The van der Waals surface area contributed by atoms with Gasteiger partial charge in [-0.3, -0.25) is 0 Å². The molecule has 0 atom stereocenters. The maximum atomic E-state index is 12.5. The minimum atomic E-state index is -4.50. The molecule has 0 N–H and O–H groups in total. The molecule has 5 nitrogen and oxygen atoms in total. The summed E-state index contributed by atoms with van der Waals surface area (Å²) in [6, 6.07) is 9.97. The van der Waals surface area contributed by atoms with Crippen LogP contribution in [0.4, 0.5) is 13.2 Å². The number of halogens is 3. The maximum Gasteiger partial charge on any atom is 0.435 e. The van der Waals surface area contributed by atoms with Gasteiger partial charge in [0.2, 0.25) is 0 Å². The van der Waals surface area contributed by atoms with E-state index in [1.165, 1.54) is 6.07 Å². The number of aromatic nitrogens is 5. The van der Waals surface area contributed by atoms with Crippen molar-refractivity contribution in [2.24, 2.45) is 7.05 Å². The van der Waals surface area contributed by atoms with Crippen molar-refractivity contribution in [3.05, 3.63) is 47.7 Å². The lowest BCUT2D eigenvalue weighted by Crippen LogP contribution is -2.08. The van der Waals surface area contributed by atoms with Gasteiger partial charge < -0.3 is 4.57 Å². The van der Waals surface area contributed by atoms with E-state index < -0.39 is 11.9 Å². The molecule has 0 radical (unpaired) electrons. The Bertz CT molecular complexity index is 858. The van der Waals surface area contributed by atoms with E-state index in [2.05, 4.69) is 20.4 Å². The molecular formula is C15H12F3N5S. The van der Waals surface area contributed by atoms with Crippen molar-refractivity contribution < 1.29 is 13.2 Å². The standard InChI is InChI=1S/C15H12F3N5S/c1-9-4-3-5-10(8-9)13-21-22-14(23(13)2)24-12-7-6-11(19-20-12)15(16,17)18/h3-8H,1-2H3. The van der Waals surface area contributed by atoms with Crippen molar-refractivity contribution in [2.45, 2.75) is 23.3 Å². The molecule has 9 heteroatoms. The Morgan fingerprint density at radius 2 is 1.79 bits per heavy atom. The summed E-state index contributed by atoms with van der Waals surface area (Å²) in [7, 11) is 1.79. The number of alkyl halides is 3. The maximum absolute atomic E-state index is 12.5. The smallest absolute Gasteiger partial charge is 0.305 e. The van der Waals surface area contributed by atoms with E-state index in [0.29, 0.717) is 16.0 Å². The molecule has 0 unspecified atom stereocenters. The Hall–Kier alpha value is -2.42. The molecule has 0 spiro atoms. The van der Waals surface area contributed by atoms with Gasteiger partial charge >= 0.3 is 6.18 Å². The highest BCUT2D eigenvalue weighted by Crippen LogP contribution is 2.30. The highest BCUT2D eigenvalue weighted by atomic mass is 32.2. The molecule has 0 saturated heterocycles. The zero-order valence-electron chi connectivity index (χ0n) is 12.7. The monoisotopic (exact) mass is 351 g/mol. The van der Waals surface area contributed by atoms with Crippen LogP contribution in [0, 0.1) is 6.92 Å². The number of hydrogen-bond donors (Lipinski definition) is 0. The zero-order chi connectivity index (χ0) is 17.3. The average Bonchev–Trinajstić information content (AvgIpc) is 2.88. The van der Waals surface area contributed by atoms with Gasteiger partial charge in [-0.1, -0.05) is 23.8 Å². The van der Waals surface area contributed by atoms with E-state index in [1.54, 1.807) is 11.6 Å². The second kappa shape index (κ2) is 6.23. The summed E-state index contributed by atoms with van der Waals surface area (Å²) < 4.78 is 39.3. The van der Waals surface area contributed by atoms with Crippen LogP contribution in [0.2, 0.25) is 0 Å². The normalized spacial score (nSPS) is 11.7. The van der Waals surface area contributed by atoms with E-state index in [0.717, 1.165) is 29.0 Å². The molecule has 2 heterocycles. The van der Waals surface area contributed by atoms with Crippen molar-refractivity contribution in [1.29, 1.82) is 0 Å². The molecule has 24 heavy (non-hydrogen) atoms. The Kier molecular flexibility index (Phi) is 4.27. The van der Waals surface area contributed by atoms with Crippen LogP contribution in [0.1, 0.15) is 11.3 Å². The Labute approximate surface area is 139 Å². The van der Waals surface area contributed by atoms with E-state index in [1.807, 2.05) is 31.2 Å². The lowest BCUT2D eigenvalue weighted by Gasteiger charge is -2.06. The summed E-state index contributed by atoms with van der Waals surface area (Å²) in [5.41, 5.74) is 0.985. The van der Waals surface area contributed by atoms with Gasteiger partial charge in [-0.2, -0.15) is 13.2 Å². The molecule has 3 aromatic rings. The van der Waals surface area contributed by atoms with Gasteiger partial charge in [0.1, 0.15) is 5.03 Å². The molecule has 0 saturated carbocycles. The van der Waals surface area contributed by atoms with Crippen molar-refractivity contribution in [3.63, 3.8) is 0 Å². The quantitative estimate of drug-likeness (QED) is 0.719. The van der Waals surface area contributed by atoms with Crippen LogP contribution in [-0.2, 0) is 13.2 Å². The average molecular weight is 351 g/mol. The van der Waals surface area contributed by atoms with Crippen molar-refractivity contribution in [1.82, 2.24) is 25.0 Å². The van der Waals surface area contributed by atoms with Gasteiger partial charge in [-0.25, -0.2) is 0 Å². The number of rotatable bonds is 3. The van der Waals surface area contributed by atoms with Gasteiger partial charge in [-0.05, 0) is 36.9 Å². The van der Waals surface area contributed by atoms with Gasteiger partial charge in [0.05, 0.1) is 0 Å². The van der Waals surface area contributed by atoms with Crippen LogP contribution < -0.4 is 0 Å². The minimum absolute atomic E-state index is 0.314. The minimum Gasteiger partial charge on any atom is -0.305 e. The van der Waals surface area contributed by atoms with Crippen LogP contribution >= 0.6 is 11.8 Å². The predicted octanol–water partition coefficient (Wildman–Crippen LogP) is 3.75. The molecular weight excluding hydrogens is 339 g/mol. The summed E-state index contributed by atoms with van der Waals surface area (Å²) >= 11 is 1.10. The first-order valence-corrected chi connectivity index (χ1v) is 7.71. The van der Waals surface area contributed by atoms with E-state index in [9.17, 15) is 13.2 Å². The molecule has 2 aromatic heterocycles. The Morgan fingerprint density at radius 3 is 2.42 bits per heavy atom. The first-order chi connectivity index (χ1) is 11.3. The molecule has 3 rings (SSSR count). The second-order valence-corrected chi connectivity index (χ2v) is 6.08. The molecule has 0 fully saturated rings. The van der Waals surface area contributed by atoms with Gasteiger partial charge in [0.15, 0.2) is 16.7 Å². The first-order valence-electron chi connectivity index (χ1n) is 6.90. The molecule has 0 aliphatic rings. The molecule has 1 aromatic carbocycles. The van der Waals surface area contributed by atoms with Crippen molar-refractivity contribution >= 4 is 11.8 Å². The lowest BCUT2D eigenvalue weighted by atomic mass is 10.1. The summed E-state index contributed by atoms with van der Waals surface area (Å²) in [6.07, 6.45) is -4.50. The van der Waals surface area contributed by atoms with Crippen LogP contribution in [0.25, 0.3) is 11.4 Å². The highest BCUT2D eigenvalue weighted by Gasteiger charge is 2.32. The third-order valence-corrected chi connectivity index (χ3v) is 4.20.